The average molecular weight is 242 g/mol. The normalized spacial score (nSPS) is 11.0. The molecule has 2 N–H and O–H groups in total. The summed E-state index contributed by atoms with van der Waals surface area (Å²) in [4.78, 5) is 4.41. The Bertz CT molecular complexity index is 667. The number of aromatic amines is 1. The fraction of sp³-hybridized carbons (Fsp3) is 0.250. The van der Waals surface area contributed by atoms with E-state index in [0.29, 0.717) is 6.54 Å². The van der Waals surface area contributed by atoms with Gasteiger partial charge < -0.3 is 5.32 Å². The van der Waals surface area contributed by atoms with Crippen LogP contribution in [0.2, 0.25) is 0 Å². The summed E-state index contributed by atoms with van der Waals surface area (Å²) < 4.78 is 1.79. The summed E-state index contributed by atoms with van der Waals surface area (Å²) in [6.07, 6.45) is 3.56. The first-order chi connectivity index (χ1) is 8.74. The van der Waals surface area contributed by atoms with Gasteiger partial charge in [0, 0.05) is 18.6 Å². The standard InChI is InChI=1S/C12H14N6/c1-8-11-5-10(7-14-12(11)18(2)17-8)13-6-9-3-4-15-16-9/h3-5,7,13H,6H2,1-2H3,(H,15,16). The second-order valence-corrected chi connectivity index (χ2v) is 4.24. The van der Waals surface area contributed by atoms with Crippen molar-refractivity contribution in [1.29, 1.82) is 0 Å². The van der Waals surface area contributed by atoms with E-state index < -0.39 is 0 Å². The summed E-state index contributed by atoms with van der Waals surface area (Å²) in [5.41, 5.74) is 3.91. The van der Waals surface area contributed by atoms with Crippen molar-refractivity contribution in [1.82, 2.24) is 25.0 Å². The lowest BCUT2D eigenvalue weighted by atomic mass is 10.2. The number of aromatic nitrogens is 5. The maximum atomic E-state index is 4.41. The zero-order valence-electron chi connectivity index (χ0n) is 10.3. The summed E-state index contributed by atoms with van der Waals surface area (Å²) >= 11 is 0. The largest absolute Gasteiger partial charge is 0.378 e. The molecule has 0 spiro atoms. The summed E-state index contributed by atoms with van der Waals surface area (Å²) in [7, 11) is 1.90. The summed E-state index contributed by atoms with van der Waals surface area (Å²) in [6.45, 7) is 2.69. The molecule has 3 rings (SSSR count). The summed E-state index contributed by atoms with van der Waals surface area (Å²) in [6, 6.07) is 4.01. The monoisotopic (exact) mass is 242 g/mol. The molecule has 0 saturated carbocycles. The first kappa shape index (κ1) is 10.8. The van der Waals surface area contributed by atoms with Crippen molar-refractivity contribution in [2.75, 3.05) is 5.32 Å². The molecule has 0 saturated heterocycles. The molecule has 0 aromatic carbocycles. The number of anilines is 1. The van der Waals surface area contributed by atoms with Crippen molar-refractivity contribution in [3.63, 3.8) is 0 Å². The minimum absolute atomic E-state index is 0.701. The Morgan fingerprint density at radius 3 is 3.11 bits per heavy atom. The fourth-order valence-electron chi connectivity index (χ4n) is 1.98. The predicted molar refractivity (Wildman–Crippen MR) is 69.2 cm³/mol. The number of nitrogens with zero attached hydrogens (tertiary/aromatic N) is 4. The first-order valence-electron chi connectivity index (χ1n) is 5.75. The molecule has 0 aliphatic rings. The number of nitrogens with one attached hydrogen (secondary N) is 2. The van der Waals surface area contributed by atoms with Gasteiger partial charge in [-0.2, -0.15) is 10.2 Å². The molecular formula is C12H14N6. The van der Waals surface area contributed by atoms with Crippen LogP contribution in [0.15, 0.2) is 24.5 Å². The fourth-order valence-corrected chi connectivity index (χ4v) is 1.98. The zero-order chi connectivity index (χ0) is 12.5. The Kier molecular flexibility index (Phi) is 2.47. The highest BCUT2D eigenvalue weighted by atomic mass is 15.3. The molecule has 0 radical (unpaired) electrons. The molecule has 3 aromatic rings. The van der Waals surface area contributed by atoms with Gasteiger partial charge in [0.05, 0.1) is 29.8 Å². The summed E-state index contributed by atoms with van der Waals surface area (Å²) in [5, 5.41) is 15.6. The van der Waals surface area contributed by atoms with Crippen molar-refractivity contribution in [2.45, 2.75) is 13.5 Å². The molecule has 0 bridgehead atoms. The van der Waals surface area contributed by atoms with Gasteiger partial charge in [0.15, 0.2) is 5.65 Å². The van der Waals surface area contributed by atoms with Crippen LogP contribution >= 0.6 is 0 Å². The van der Waals surface area contributed by atoms with Crippen LogP contribution in [0, 0.1) is 6.92 Å². The van der Waals surface area contributed by atoms with Gasteiger partial charge in [-0.15, -0.1) is 0 Å². The number of fused-ring (bicyclic) bond motifs is 1. The number of H-pyrrole nitrogens is 1. The molecule has 6 heteroatoms. The van der Waals surface area contributed by atoms with Crippen LogP contribution in [0.4, 0.5) is 5.69 Å². The number of aryl methyl sites for hydroxylation is 2. The highest BCUT2D eigenvalue weighted by molar-refractivity contribution is 5.81. The van der Waals surface area contributed by atoms with Gasteiger partial charge in [-0.25, -0.2) is 4.98 Å². The number of hydrogen-bond acceptors (Lipinski definition) is 4. The third-order valence-electron chi connectivity index (χ3n) is 2.90. The maximum Gasteiger partial charge on any atom is 0.157 e. The molecule has 18 heavy (non-hydrogen) atoms. The molecule has 3 aromatic heterocycles. The van der Waals surface area contributed by atoms with Crippen LogP contribution in [0.3, 0.4) is 0 Å². The molecule has 3 heterocycles. The lowest BCUT2D eigenvalue weighted by molar-refractivity contribution is 0.774. The maximum absolute atomic E-state index is 4.41. The van der Waals surface area contributed by atoms with Crippen LogP contribution in [-0.4, -0.2) is 25.0 Å². The van der Waals surface area contributed by atoms with Crippen LogP contribution < -0.4 is 5.32 Å². The van der Waals surface area contributed by atoms with Crippen LogP contribution in [0.25, 0.3) is 11.0 Å². The van der Waals surface area contributed by atoms with E-state index in [9.17, 15) is 0 Å². The molecule has 0 aliphatic heterocycles. The minimum atomic E-state index is 0.701. The van der Waals surface area contributed by atoms with E-state index in [1.54, 1.807) is 10.9 Å². The van der Waals surface area contributed by atoms with Crippen molar-refractivity contribution < 1.29 is 0 Å². The zero-order valence-corrected chi connectivity index (χ0v) is 10.3. The molecule has 0 unspecified atom stereocenters. The lowest BCUT2D eigenvalue weighted by Gasteiger charge is -2.04. The van der Waals surface area contributed by atoms with E-state index in [1.807, 2.05) is 26.2 Å². The summed E-state index contributed by atoms with van der Waals surface area (Å²) in [5.74, 6) is 0. The minimum Gasteiger partial charge on any atom is -0.378 e. The average Bonchev–Trinajstić information content (AvgIpc) is 2.97. The van der Waals surface area contributed by atoms with Crippen LogP contribution in [-0.2, 0) is 13.6 Å². The van der Waals surface area contributed by atoms with Crippen LogP contribution in [0.5, 0.6) is 0 Å². The Morgan fingerprint density at radius 1 is 1.44 bits per heavy atom. The third kappa shape index (κ3) is 1.81. The Labute approximate surface area is 104 Å². The van der Waals surface area contributed by atoms with E-state index in [2.05, 4.69) is 31.7 Å². The number of hydrogen-bond donors (Lipinski definition) is 2. The van der Waals surface area contributed by atoms with Gasteiger partial charge in [-0.1, -0.05) is 0 Å². The second kappa shape index (κ2) is 4.14. The smallest absolute Gasteiger partial charge is 0.157 e. The van der Waals surface area contributed by atoms with Gasteiger partial charge in [-0.05, 0) is 19.1 Å². The third-order valence-corrected chi connectivity index (χ3v) is 2.90. The van der Waals surface area contributed by atoms with Crippen LogP contribution in [0.1, 0.15) is 11.4 Å². The predicted octanol–water partition coefficient (Wildman–Crippen LogP) is 1.61. The van der Waals surface area contributed by atoms with Crippen molar-refractivity contribution in [3.8, 4) is 0 Å². The van der Waals surface area contributed by atoms with Gasteiger partial charge >= 0.3 is 0 Å². The molecule has 6 nitrogen and oxygen atoms in total. The molecular weight excluding hydrogens is 228 g/mol. The van der Waals surface area contributed by atoms with E-state index in [-0.39, 0.29) is 0 Å². The lowest BCUT2D eigenvalue weighted by Crippen LogP contribution is -2.00. The second-order valence-electron chi connectivity index (χ2n) is 4.24. The highest BCUT2D eigenvalue weighted by Gasteiger charge is 2.06. The van der Waals surface area contributed by atoms with Crippen molar-refractivity contribution in [3.05, 3.63) is 35.9 Å². The van der Waals surface area contributed by atoms with Gasteiger partial charge in [-0.3, -0.25) is 9.78 Å². The highest BCUT2D eigenvalue weighted by Crippen LogP contribution is 2.19. The Balaban J connectivity index is 1.87. The Morgan fingerprint density at radius 2 is 2.33 bits per heavy atom. The molecule has 0 fully saturated rings. The van der Waals surface area contributed by atoms with E-state index in [1.165, 1.54) is 0 Å². The van der Waals surface area contributed by atoms with Crippen molar-refractivity contribution >= 4 is 16.7 Å². The SMILES string of the molecule is Cc1nn(C)c2ncc(NCc3ccn[nH]3)cc12. The number of rotatable bonds is 3. The van der Waals surface area contributed by atoms with E-state index >= 15 is 0 Å². The molecule has 92 valence electrons. The molecule has 0 atom stereocenters. The van der Waals surface area contributed by atoms with Gasteiger partial charge in [0.25, 0.3) is 0 Å². The van der Waals surface area contributed by atoms with E-state index in [0.717, 1.165) is 28.1 Å². The topological polar surface area (TPSA) is 71.4 Å². The van der Waals surface area contributed by atoms with Crippen molar-refractivity contribution in [2.24, 2.45) is 7.05 Å². The quantitative estimate of drug-likeness (QED) is 0.732. The van der Waals surface area contributed by atoms with Gasteiger partial charge in [0.1, 0.15) is 0 Å². The van der Waals surface area contributed by atoms with E-state index in [4.69, 9.17) is 0 Å². The Hall–Kier alpha value is -2.37. The van der Waals surface area contributed by atoms with Gasteiger partial charge in [0.2, 0.25) is 0 Å². The molecule has 0 amide bonds. The first-order valence-corrected chi connectivity index (χ1v) is 5.75. The number of pyridine rings is 1. The molecule has 0 aliphatic carbocycles.